The number of nitrogens with one attached hydrogen (secondary N) is 1. The van der Waals surface area contributed by atoms with E-state index in [1.165, 1.54) is 5.57 Å². The average molecular weight is 588 g/mol. The molecule has 2 aromatic rings. The zero-order valence-corrected chi connectivity index (χ0v) is 24.6. The molecule has 2 amide bonds. The van der Waals surface area contributed by atoms with Gasteiger partial charge in [0.15, 0.2) is 0 Å². The van der Waals surface area contributed by atoms with Crippen LogP contribution in [0, 0.1) is 0 Å². The van der Waals surface area contributed by atoms with Gasteiger partial charge >= 0.3 is 0 Å². The number of carbonyl (C=O) groups excluding carboxylic acids is 2. The van der Waals surface area contributed by atoms with Crippen LogP contribution < -0.4 is 5.32 Å². The number of carbonyl (C=O) groups is 2. The van der Waals surface area contributed by atoms with Gasteiger partial charge in [0, 0.05) is 66.4 Å². The second-order valence-corrected chi connectivity index (χ2v) is 12.0. The topological polar surface area (TPSA) is 97.7 Å². The molecule has 1 aliphatic carbocycles. The minimum absolute atomic E-state index is 0.0358. The molecule has 2 fully saturated rings. The second-order valence-electron chi connectivity index (χ2n) is 10.9. The number of amides is 2. The molecule has 9 nitrogen and oxygen atoms in total. The number of aliphatic hydroxyl groups excluding tert-OH is 1. The number of nitrogens with zero attached hydrogens (tertiary/aromatic N) is 4. The molecule has 10 heteroatoms. The summed E-state index contributed by atoms with van der Waals surface area (Å²) in [7, 11) is 0. The zero-order chi connectivity index (χ0) is 28.9. The molecule has 42 heavy (non-hydrogen) atoms. The summed E-state index contributed by atoms with van der Waals surface area (Å²) in [4.78, 5) is 39.0. The molecule has 0 bridgehead atoms. The summed E-state index contributed by atoms with van der Waals surface area (Å²) in [5.41, 5.74) is 5.23. The molecular formula is C32H37N5O4S. The molecule has 220 valence electrons. The minimum Gasteiger partial charge on any atom is -0.394 e. The fourth-order valence-corrected chi connectivity index (χ4v) is 6.67. The van der Waals surface area contributed by atoms with Crippen molar-refractivity contribution in [1.29, 1.82) is 0 Å². The Morgan fingerprint density at radius 3 is 2.64 bits per heavy atom. The van der Waals surface area contributed by atoms with Gasteiger partial charge in [0.2, 0.25) is 5.91 Å². The van der Waals surface area contributed by atoms with Gasteiger partial charge in [-0.2, -0.15) is 0 Å². The molecule has 1 saturated heterocycles. The van der Waals surface area contributed by atoms with Crippen LogP contribution in [0.25, 0.3) is 0 Å². The fraction of sp³-hybridized carbons (Fsp3) is 0.406. The van der Waals surface area contributed by atoms with Gasteiger partial charge in [0.1, 0.15) is 12.4 Å². The van der Waals surface area contributed by atoms with Crippen LogP contribution in [-0.2, 0) is 20.9 Å². The third-order valence-electron chi connectivity index (χ3n) is 8.11. The molecule has 0 aromatic heterocycles. The Hall–Kier alpha value is -3.44. The molecule has 0 unspecified atom stereocenters. The molecule has 2 N–H and O–H groups in total. The predicted octanol–water partition coefficient (Wildman–Crippen LogP) is 3.31. The van der Waals surface area contributed by atoms with Crippen LogP contribution in [0.5, 0.6) is 0 Å². The number of amidine groups is 1. The van der Waals surface area contributed by atoms with E-state index in [-0.39, 0.29) is 25.0 Å². The first-order valence-corrected chi connectivity index (χ1v) is 15.5. The highest BCUT2D eigenvalue weighted by Crippen LogP contribution is 2.41. The van der Waals surface area contributed by atoms with E-state index in [0.29, 0.717) is 19.8 Å². The van der Waals surface area contributed by atoms with E-state index in [0.717, 1.165) is 90.1 Å². The van der Waals surface area contributed by atoms with E-state index in [2.05, 4.69) is 45.4 Å². The quantitative estimate of drug-likeness (QED) is 0.435. The molecule has 1 saturated carbocycles. The molecule has 0 atom stereocenters. The van der Waals surface area contributed by atoms with E-state index in [1.54, 1.807) is 22.7 Å². The van der Waals surface area contributed by atoms with Crippen molar-refractivity contribution in [3.8, 4) is 0 Å². The van der Waals surface area contributed by atoms with Crippen molar-refractivity contribution >= 4 is 35.1 Å². The monoisotopic (exact) mass is 587 g/mol. The number of piperazine rings is 1. The summed E-state index contributed by atoms with van der Waals surface area (Å²) in [5, 5.41) is 12.0. The lowest BCUT2D eigenvalue weighted by atomic mass is 9.90. The van der Waals surface area contributed by atoms with Crippen LogP contribution in [-0.4, -0.2) is 96.5 Å². The summed E-state index contributed by atoms with van der Waals surface area (Å²) < 4.78 is 5.46. The zero-order valence-electron chi connectivity index (χ0n) is 23.8. The van der Waals surface area contributed by atoms with Crippen LogP contribution in [0.15, 0.2) is 80.7 Å². The smallest absolute Gasteiger partial charge is 0.251 e. The first-order chi connectivity index (χ1) is 20.6. The third-order valence-corrected chi connectivity index (χ3v) is 9.23. The first-order valence-electron chi connectivity index (χ1n) is 14.7. The van der Waals surface area contributed by atoms with E-state index in [9.17, 15) is 9.59 Å². The van der Waals surface area contributed by atoms with E-state index in [1.807, 2.05) is 18.2 Å². The fourth-order valence-electron chi connectivity index (χ4n) is 5.59. The minimum atomic E-state index is -0.167. The highest BCUT2D eigenvalue weighted by molar-refractivity contribution is 7.99. The summed E-state index contributed by atoms with van der Waals surface area (Å²) in [6, 6.07) is 14.6. The Bertz CT molecular complexity index is 1420. The van der Waals surface area contributed by atoms with Crippen LogP contribution in [0.1, 0.15) is 30.4 Å². The number of ether oxygens (including phenoxy) is 1. The lowest BCUT2D eigenvalue weighted by Crippen LogP contribution is -2.49. The van der Waals surface area contributed by atoms with Crippen LogP contribution in [0.2, 0.25) is 0 Å². The van der Waals surface area contributed by atoms with Crippen molar-refractivity contribution in [3.05, 3.63) is 77.0 Å². The van der Waals surface area contributed by atoms with Gasteiger partial charge in [-0.3, -0.25) is 19.4 Å². The normalized spacial score (nSPS) is 18.4. The molecule has 2 aromatic carbocycles. The van der Waals surface area contributed by atoms with Gasteiger partial charge in [-0.1, -0.05) is 30.0 Å². The van der Waals surface area contributed by atoms with Crippen LogP contribution in [0.3, 0.4) is 0 Å². The number of aliphatic hydroxyl groups is 1. The van der Waals surface area contributed by atoms with E-state index < -0.39 is 0 Å². The van der Waals surface area contributed by atoms with Gasteiger partial charge in [-0.15, -0.1) is 0 Å². The second kappa shape index (κ2) is 13.2. The number of para-hydroxylation sites is 1. The number of benzene rings is 2. The lowest BCUT2D eigenvalue weighted by Gasteiger charge is -2.36. The van der Waals surface area contributed by atoms with Crippen molar-refractivity contribution in [2.75, 3.05) is 59.1 Å². The molecule has 0 radical (unpaired) electrons. The number of hydrogen-bond acceptors (Lipinski definition) is 8. The first kappa shape index (κ1) is 28.7. The molecule has 6 rings (SSSR count). The maximum atomic E-state index is 12.9. The van der Waals surface area contributed by atoms with E-state index in [4.69, 9.17) is 14.8 Å². The Morgan fingerprint density at radius 1 is 1.02 bits per heavy atom. The number of hydrogen-bond donors (Lipinski definition) is 2. The Morgan fingerprint density at radius 2 is 1.86 bits per heavy atom. The van der Waals surface area contributed by atoms with Gasteiger partial charge in [-0.05, 0) is 60.7 Å². The Balaban J connectivity index is 1.13. The van der Waals surface area contributed by atoms with Crippen LogP contribution in [0.4, 0.5) is 5.69 Å². The Labute approximate surface area is 250 Å². The number of aliphatic imine (C=N–C) groups is 1. The number of rotatable bonds is 9. The Kier molecular flexibility index (Phi) is 9.04. The van der Waals surface area contributed by atoms with E-state index >= 15 is 0 Å². The van der Waals surface area contributed by atoms with Crippen molar-refractivity contribution in [1.82, 2.24) is 20.0 Å². The number of fused-ring (bicyclic) bond motifs is 2. The summed E-state index contributed by atoms with van der Waals surface area (Å²) in [6.45, 7) is 5.90. The standard InChI is InChI=1S/C32H37N5O4S/c38-17-19-41-18-16-35-12-14-36(15-13-35)32-25-9-8-23(20-29(25)42-28-7-2-1-6-26(28)34-32)21-33-30(39)22-37-27(10-11-31(37)40)24-4-3-5-24/h1-2,6-11,20,38H,3-5,12-19,21-22H2,(H,33,39). The maximum absolute atomic E-state index is 12.9. The molecule has 3 heterocycles. The van der Waals surface area contributed by atoms with Crippen LogP contribution >= 0.6 is 11.8 Å². The van der Waals surface area contributed by atoms with Crippen molar-refractivity contribution in [3.63, 3.8) is 0 Å². The molecule has 3 aliphatic heterocycles. The molecule has 0 spiro atoms. The van der Waals surface area contributed by atoms with Gasteiger partial charge < -0.3 is 20.1 Å². The largest absolute Gasteiger partial charge is 0.394 e. The van der Waals surface area contributed by atoms with Gasteiger partial charge in [0.25, 0.3) is 5.91 Å². The van der Waals surface area contributed by atoms with Crippen molar-refractivity contribution in [2.45, 2.75) is 35.6 Å². The third kappa shape index (κ3) is 6.47. The van der Waals surface area contributed by atoms with Crippen molar-refractivity contribution in [2.24, 2.45) is 4.99 Å². The average Bonchev–Trinajstić information content (AvgIpc) is 3.22. The SMILES string of the molecule is O=C(CN1C(=O)C=CC1=C1CCC1)NCc1ccc2c(c1)Sc1ccccc1N=C2N1CCN(CCOCCO)CC1. The van der Waals surface area contributed by atoms with Gasteiger partial charge in [-0.25, -0.2) is 4.99 Å². The van der Waals surface area contributed by atoms with Crippen molar-refractivity contribution < 1.29 is 19.4 Å². The number of allylic oxidation sites excluding steroid dienone is 2. The summed E-state index contributed by atoms with van der Waals surface area (Å²) >= 11 is 1.71. The summed E-state index contributed by atoms with van der Waals surface area (Å²) in [5.74, 6) is 0.687. The highest BCUT2D eigenvalue weighted by Gasteiger charge is 2.28. The lowest BCUT2D eigenvalue weighted by molar-refractivity contribution is -0.130. The maximum Gasteiger partial charge on any atom is 0.251 e. The highest BCUT2D eigenvalue weighted by atomic mass is 32.2. The summed E-state index contributed by atoms with van der Waals surface area (Å²) in [6.07, 6.45) is 6.55. The molecular weight excluding hydrogens is 550 g/mol. The predicted molar refractivity (Wildman–Crippen MR) is 163 cm³/mol. The van der Waals surface area contributed by atoms with Gasteiger partial charge in [0.05, 0.1) is 25.5 Å². The molecule has 4 aliphatic rings.